The molecule has 2 atom stereocenters. The lowest BCUT2D eigenvalue weighted by atomic mass is 9.83. The van der Waals surface area contributed by atoms with Crippen molar-refractivity contribution in [3.05, 3.63) is 34.4 Å². The van der Waals surface area contributed by atoms with Crippen molar-refractivity contribution < 1.29 is 0 Å². The van der Waals surface area contributed by atoms with Gasteiger partial charge in [-0.3, -0.25) is 0 Å². The molecular weight excluding hydrogens is 218 g/mol. The highest BCUT2D eigenvalue weighted by Gasteiger charge is 2.22. The third kappa shape index (κ3) is 3.35. The van der Waals surface area contributed by atoms with Crippen molar-refractivity contribution in [1.29, 1.82) is 0 Å². The van der Waals surface area contributed by atoms with Crippen LogP contribution in [0, 0.1) is 32.6 Å². The lowest BCUT2D eigenvalue weighted by molar-refractivity contribution is 0.306. The molecule has 102 valence electrons. The molecule has 1 aromatic carbocycles. The van der Waals surface area contributed by atoms with Crippen LogP contribution in [-0.2, 0) is 0 Å². The van der Waals surface area contributed by atoms with Crippen LogP contribution in [0.15, 0.2) is 12.1 Å². The third-order valence-corrected chi connectivity index (χ3v) is 4.22. The van der Waals surface area contributed by atoms with Gasteiger partial charge in [0.2, 0.25) is 0 Å². The number of hydrogen-bond donors (Lipinski definition) is 1. The molecule has 0 bridgehead atoms. The van der Waals surface area contributed by atoms with Gasteiger partial charge in [-0.05, 0) is 61.4 Å². The van der Waals surface area contributed by atoms with E-state index < -0.39 is 0 Å². The summed E-state index contributed by atoms with van der Waals surface area (Å²) in [6, 6.07) is 5.16. The van der Waals surface area contributed by atoms with Gasteiger partial charge in [0.1, 0.15) is 0 Å². The van der Waals surface area contributed by atoms with Crippen LogP contribution < -0.4 is 5.32 Å². The third-order valence-electron chi connectivity index (χ3n) is 4.22. The second kappa shape index (κ2) is 6.38. The van der Waals surface area contributed by atoms with Gasteiger partial charge in [0.25, 0.3) is 0 Å². The van der Waals surface area contributed by atoms with E-state index in [0.717, 1.165) is 6.54 Å². The summed E-state index contributed by atoms with van der Waals surface area (Å²) in [6.07, 6.45) is 0. The van der Waals surface area contributed by atoms with Crippen molar-refractivity contribution in [2.24, 2.45) is 11.8 Å². The molecule has 1 nitrogen and oxygen atoms in total. The lowest BCUT2D eigenvalue weighted by Gasteiger charge is -2.30. The summed E-state index contributed by atoms with van der Waals surface area (Å²) in [4.78, 5) is 0. The van der Waals surface area contributed by atoms with Crippen LogP contribution in [0.25, 0.3) is 0 Å². The SMILES string of the molecule is CCNC(c1cc(C)c(C)cc1C)C(C)C(C)C. The summed E-state index contributed by atoms with van der Waals surface area (Å²) in [5.41, 5.74) is 5.68. The zero-order chi connectivity index (χ0) is 13.9. The van der Waals surface area contributed by atoms with E-state index in [2.05, 4.69) is 65.9 Å². The van der Waals surface area contributed by atoms with E-state index in [9.17, 15) is 0 Å². The molecule has 2 unspecified atom stereocenters. The topological polar surface area (TPSA) is 12.0 Å². The molecule has 0 aromatic heterocycles. The van der Waals surface area contributed by atoms with Crippen LogP contribution in [0.1, 0.15) is 56.0 Å². The van der Waals surface area contributed by atoms with Gasteiger partial charge in [-0.1, -0.05) is 39.8 Å². The van der Waals surface area contributed by atoms with E-state index in [-0.39, 0.29) is 0 Å². The smallest absolute Gasteiger partial charge is 0.0351 e. The first kappa shape index (κ1) is 15.2. The van der Waals surface area contributed by atoms with Crippen molar-refractivity contribution in [1.82, 2.24) is 5.32 Å². The van der Waals surface area contributed by atoms with Gasteiger partial charge >= 0.3 is 0 Å². The molecule has 1 rings (SSSR count). The first-order valence-corrected chi connectivity index (χ1v) is 7.19. The molecule has 0 heterocycles. The summed E-state index contributed by atoms with van der Waals surface area (Å²) in [7, 11) is 0. The molecule has 18 heavy (non-hydrogen) atoms. The van der Waals surface area contributed by atoms with Crippen molar-refractivity contribution in [3.8, 4) is 0 Å². The summed E-state index contributed by atoms with van der Waals surface area (Å²) in [6.45, 7) is 16.8. The maximum absolute atomic E-state index is 3.67. The predicted molar refractivity (Wildman–Crippen MR) is 81.1 cm³/mol. The van der Waals surface area contributed by atoms with Crippen LogP contribution in [0.3, 0.4) is 0 Å². The molecule has 1 heteroatoms. The standard InChI is InChI=1S/C17H29N/c1-8-18-17(15(7)11(2)3)16-10-13(5)12(4)9-14(16)6/h9-11,15,17-18H,8H2,1-7H3. The van der Waals surface area contributed by atoms with Crippen LogP contribution in [0.2, 0.25) is 0 Å². The Morgan fingerprint density at radius 1 is 0.944 bits per heavy atom. The largest absolute Gasteiger partial charge is 0.310 e. The predicted octanol–water partition coefficient (Wildman–Crippen LogP) is 4.55. The molecule has 0 aliphatic heterocycles. The normalized spacial score (nSPS) is 14.9. The minimum atomic E-state index is 0.467. The highest BCUT2D eigenvalue weighted by molar-refractivity contribution is 5.38. The number of benzene rings is 1. The Morgan fingerprint density at radius 2 is 1.50 bits per heavy atom. The van der Waals surface area contributed by atoms with Crippen molar-refractivity contribution in [2.75, 3.05) is 6.54 Å². The van der Waals surface area contributed by atoms with E-state index in [1.807, 2.05) is 0 Å². The zero-order valence-electron chi connectivity index (χ0n) is 13.1. The Kier molecular flexibility index (Phi) is 5.40. The fourth-order valence-electron chi connectivity index (χ4n) is 2.50. The Balaban J connectivity index is 3.17. The molecule has 0 saturated carbocycles. The second-order valence-corrected chi connectivity index (χ2v) is 5.93. The Hall–Kier alpha value is -0.820. The Bertz CT molecular complexity index is 393. The number of rotatable bonds is 5. The monoisotopic (exact) mass is 247 g/mol. The van der Waals surface area contributed by atoms with Gasteiger partial charge < -0.3 is 5.32 Å². The van der Waals surface area contributed by atoms with E-state index in [1.54, 1.807) is 0 Å². The fourth-order valence-corrected chi connectivity index (χ4v) is 2.50. The molecule has 0 fully saturated rings. The minimum absolute atomic E-state index is 0.467. The molecular formula is C17H29N. The summed E-state index contributed by atoms with van der Waals surface area (Å²) in [5, 5.41) is 3.67. The molecule has 0 radical (unpaired) electrons. The molecule has 0 spiro atoms. The lowest BCUT2D eigenvalue weighted by Crippen LogP contribution is -2.30. The Morgan fingerprint density at radius 3 is 2.00 bits per heavy atom. The quantitative estimate of drug-likeness (QED) is 0.804. The molecule has 0 aliphatic rings. The highest BCUT2D eigenvalue weighted by Crippen LogP contribution is 2.31. The minimum Gasteiger partial charge on any atom is -0.310 e. The number of aryl methyl sites for hydroxylation is 3. The first-order valence-electron chi connectivity index (χ1n) is 7.19. The van der Waals surface area contributed by atoms with Gasteiger partial charge in [-0.15, -0.1) is 0 Å². The van der Waals surface area contributed by atoms with Gasteiger partial charge in [0.05, 0.1) is 0 Å². The van der Waals surface area contributed by atoms with Crippen molar-refractivity contribution in [3.63, 3.8) is 0 Å². The van der Waals surface area contributed by atoms with Gasteiger partial charge in [0.15, 0.2) is 0 Å². The number of hydrogen-bond acceptors (Lipinski definition) is 1. The fraction of sp³-hybridized carbons (Fsp3) is 0.647. The maximum Gasteiger partial charge on any atom is 0.0351 e. The van der Waals surface area contributed by atoms with Crippen LogP contribution in [-0.4, -0.2) is 6.54 Å². The van der Waals surface area contributed by atoms with Gasteiger partial charge in [0, 0.05) is 6.04 Å². The van der Waals surface area contributed by atoms with E-state index in [4.69, 9.17) is 0 Å². The first-order chi connectivity index (χ1) is 8.38. The average molecular weight is 247 g/mol. The summed E-state index contributed by atoms with van der Waals surface area (Å²) in [5.74, 6) is 1.33. The van der Waals surface area contributed by atoms with Gasteiger partial charge in [-0.2, -0.15) is 0 Å². The molecule has 1 aromatic rings. The zero-order valence-corrected chi connectivity index (χ0v) is 13.1. The van der Waals surface area contributed by atoms with E-state index in [1.165, 1.54) is 22.3 Å². The van der Waals surface area contributed by atoms with E-state index >= 15 is 0 Å². The second-order valence-electron chi connectivity index (χ2n) is 5.93. The Labute approximate surface area is 113 Å². The van der Waals surface area contributed by atoms with Crippen LogP contribution >= 0.6 is 0 Å². The van der Waals surface area contributed by atoms with Crippen molar-refractivity contribution >= 4 is 0 Å². The summed E-state index contributed by atoms with van der Waals surface area (Å²) < 4.78 is 0. The van der Waals surface area contributed by atoms with Crippen LogP contribution in [0.4, 0.5) is 0 Å². The molecule has 1 N–H and O–H groups in total. The maximum atomic E-state index is 3.67. The average Bonchev–Trinajstić information content (AvgIpc) is 2.30. The molecule has 0 amide bonds. The van der Waals surface area contributed by atoms with Gasteiger partial charge in [-0.25, -0.2) is 0 Å². The highest BCUT2D eigenvalue weighted by atomic mass is 14.9. The molecule has 0 aliphatic carbocycles. The van der Waals surface area contributed by atoms with Crippen LogP contribution in [0.5, 0.6) is 0 Å². The van der Waals surface area contributed by atoms with Crippen molar-refractivity contribution in [2.45, 2.75) is 54.5 Å². The number of nitrogens with one attached hydrogen (secondary N) is 1. The van der Waals surface area contributed by atoms with E-state index in [0.29, 0.717) is 17.9 Å². The summed E-state index contributed by atoms with van der Waals surface area (Å²) >= 11 is 0. The molecule has 0 saturated heterocycles.